The Bertz CT molecular complexity index is 601. The third-order valence-electron chi connectivity index (χ3n) is 3.01. The number of aliphatic hydroxyl groups is 1. The Morgan fingerprint density at radius 1 is 1.26 bits per heavy atom. The number of rotatable bonds is 3. The molecule has 0 aliphatic carbocycles. The highest BCUT2D eigenvalue weighted by molar-refractivity contribution is 9.10. The van der Waals surface area contributed by atoms with Gasteiger partial charge in [-0.3, -0.25) is 0 Å². The van der Waals surface area contributed by atoms with Crippen molar-refractivity contribution in [1.29, 1.82) is 0 Å². The van der Waals surface area contributed by atoms with E-state index in [2.05, 4.69) is 15.9 Å². The zero-order valence-electron chi connectivity index (χ0n) is 10.3. The van der Waals surface area contributed by atoms with Crippen molar-refractivity contribution in [1.82, 2.24) is 0 Å². The fraction of sp³-hybridized carbons (Fsp3) is 0.200. The molecule has 19 heavy (non-hydrogen) atoms. The van der Waals surface area contributed by atoms with Crippen LogP contribution in [0.2, 0.25) is 5.02 Å². The lowest BCUT2D eigenvalue weighted by Crippen LogP contribution is -2.03. The molecular formula is C15H13BrClFO. The Balaban J connectivity index is 2.20. The Morgan fingerprint density at radius 3 is 2.63 bits per heavy atom. The van der Waals surface area contributed by atoms with E-state index in [4.69, 9.17) is 11.6 Å². The van der Waals surface area contributed by atoms with Crippen molar-refractivity contribution < 1.29 is 9.50 Å². The van der Waals surface area contributed by atoms with Gasteiger partial charge in [0.25, 0.3) is 0 Å². The molecule has 0 saturated carbocycles. The van der Waals surface area contributed by atoms with E-state index in [0.29, 0.717) is 22.6 Å². The van der Waals surface area contributed by atoms with E-state index in [-0.39, 0.29) is 5.82 Å². The van der Waals surface area contributed by atoms with E-state index in [1.54, 1.807) is 25.1 Å². The molecule has 1 atom stereocenters. The summed E-state index contributed by atoms with van der Waals surface area (Å²) in [6, 6.07) is 10.3. The van der Waals surface area contributed by atoms with Crippen molar-refractivity contribution in [2.75, 3.05) is 0 Å². The van der Waals surface area contributed by atoms with Crippen LogP contribution in [0, 0.1) is 12.7 Å². The number of hydrogen-bond donors (Lipinski definition) is 1. The normalized spacial score (nSPS) is 12.5. The highest BCUT2D eigenvalue weighted by Gasteiger charge is 2.12. The van der Waals surface area contributed by atoms with Crippen molar-refractivity contribution in [2.24, 2.45) is 0 Å². The minimum Gasteiger partial charge on any atom is -0.388 e. The van der Waals surface area contributed by atoms with Crippen LogP contribution in [-0.2, 0) is 6.42 Å². The maximum atomic E-state index is 13.5. The Kier molecular flexibility index (Phi) is 4.61. The summed E-state index contributed by atoms with van der Waals surface area (Å²) in [5.74, 6) is -0.307. The molecule has 0 bridgehead atoms. The van der Waals surface area contributed by atoms with Gasteiger partial charge in [-0.15, -0.1) is 0 Å². The molecule has 0 aliphatic heterocycles. The van der Waals surface area contributed by atoms with Crippen molar-refractivity contribution in [3.05, 3.63) is 68.4 Å². The maximum absolute atomic E-state index is 13.5. The highest BCUT2D eigenvalue weighted by atomic mass is 79.9. The van der Waals surface area contributed by atoms with Crippen LogP contribution in [0.5, 0.6) is 0 Å². The summed E-state index contributed by atoms with van der Waals surface area (Å²) in [6.45, 7) is 1.69. The standard InChI is InChI=1S/C15H13BrClFO/c1-9-2-3-11(6-14(9)18)15(19)7-10-4-5-12(16)8-13(10)17/h2-6,8,15,19H,7H2,1H3. The van der Waals surface area contributed by atoms with Gasteiger partial charge >= 0.3 is 0 Å². The fourth-order valence-electron chi connectivity index (χ4n) is 1.83. The van der Waals surface area contributed by atoms with Crippen LogP contribution in [-0.4, -0.2) is 5.11 Å². The summed E-state index contributed by atoms with van der Waals surface area (Å²) >= 11 is 9.43. The molecule has 2 aromatic rings. The topological polar surface area (TPSA) is 20.2 Å². The summed E-state index contributed by atoms with van der Waals surface area (Å²) in [6.07, 6.45) is -0.414. The maximum Gasteiger partial charge on any atom is 0.126 e. The Hall–Kier alpha value is -0.900. The van der Waals surface area contributed by atoms with Gasteiger partial charge in [-0.2, -0.15) is 0 Å². The first-order valence-electron chi connectivity index (χ1n) is 5.85. The van der Waals surface area contributed by atoms with Crippen LogP contribution in [0.1, 0.15) is 22.8 Å². The second-order valence-corrected chi connectivity index (χ2v) is 5.79. The monoisotopic (exact) mass is 342 g/mol. The molecule has 0 aromatic heterocycles. The van der Waals surface area contributed by atoms with Gasteiger partial charge in [0.1, 0.15) is 5.82 Å². The summed E-state index contributed by atoms with van der Waals surface area (Å²) in [4.78, 5) is 0. The highest BCUT2D eigenvalue weighted by Crippen LogP contribution is 2.27. The lowest BCUT2D eigenvalue weighted by molar-refractivity contribution is 0.178. The molecule has 0 fully saturated rings. The van der Waals surface area contributed by atoms with Gasteiger partial charge in [0.05, 0.1) is 6.10 Å². The van der Waals surface area contributed by atoms with Gasteiger partial charge in [0.2, 0.25) is 0 Å². The number of aliphatic hydroxyl groups excluding tert-OH is 1. The van der Waals surface area contributed by atoms with Crippen molar-refractivity contribution in [2.45, 2.75) is 19.4 Å². The van der Waals surface area contributed by atoms with Crippen LogP contribution in [0.4, 0.5) is 4.39 Å². The third-order valence-corrected chi connectivity index (χ3v) is 3.85. The summed E-state index contributed by atoms with van der Waals surface area (Å²) < 4.78 is 14.4. The third kappa shape index (κ3) is 3.56. The van der Waals surface area contributed by atoms with Gasteiger partial charge in [0.15, 0.2) is 0 Å². The van der Waals surface area contributed by atoms with E-state index in [0.717, 1.165) is 10.0 Å². The lowest BCUT2D eigenvalue weighted by Gasteiger charge is -2.13. The molecule has 0 aliphatic rings. The quantitative estimate of drug-likeness (QED) is 0.846. The van der Waals surface area contributed by atoms with E-state index < -0.39 is 6.10 Å². The molecule has 1 nitrogen and oxygen atoms in total. The fourth-order valence-corrected chi connectivity index (χ4v) is 2.58. The van der Waals surface area contributed by atoms with Gasteiger partial charge in [-0.25, -0.2) is 4.39 Å². The molecule has 0 amide bonds. The smallest absolute Gasteiger partial charge is 0.126 e. The SMILES string of the molecule is Cc1ccc(C(O)Cc2ccc(Br)cc2Cl)cc1F. The Labute approximate surface area is 125 Å². The molecule has 0 saturated heterocycles. The van der Waals surface area contributed by atoms with Gasteiger partial charge in [-0.05, 0) is 41.8 Å². The number of benzene rings is 2. The minimum absolute atomic E-state index is 0.307. The van der Waals surface area contributed by atoms with E-state index in [1.807, 2.05) is 12.1 Å². The number of halogens is 3. The molecule has 100 valence electrons. The zero-order chi connectivity index (χ0) is 14.0. The number of aryl methyl sites for hydroxylation is 1. The molecule has 0 radical (unpaired) electrons. The molecule has 0 heterocycles. The van der Waals surface area contributed by atoms with Gasteiger partial charge in [-0.1, -0.05) is 45.7 Å². The predicted octanol–water partition coefficient (Wildman–Crippen LogP) is 4.83. The van der Waals surface area contributed by atoms with Crippen LogP contribution < -0.4 is 0 Å². The van der Waals surface area contributed by atoms with Crippen molar-refractivity contribution in [3.8, 4) is 0 Å². The second kappa shape index (κ2) is 6.04. The molecule has 4 heteroatoms. The van der Waals surface area contributed by atoms with Crippen LogP contribution >= 0.6 is 27.5 Å². The van der Waals surface area contributed by atoms with Crippen molar-refractivity contribution >= 4 is 27.5 Å². The largest absolute Gasteiger partial charge is 0.388 e. The second-order valence-electron chi connectivity index (χ2n) is 4.46. The Morgan fingerprint density at radius 2 is 2.00 bits per heavy atom. The first kappa shape index (κ1) is 14.5. The van der Waals surface area contributed by atoms with E-state index >= 15 is 0 Å². The molecule has 2 rings (SSSR count). The summed E-state index contributed by atoms with van der Waals surface area (Å²) in [5, 5.41) is 10.7. The average molecular weight is 344 g/mol. The zero-order valence-corrected chi connectivity index (χ0v) is 12.7. The first-order valence-corrected chi connectivity index (χ1v) is 7.02. The molecular weight excluding hydrogens is 331 g/mol. The van der Waals surface area contributed by atoms with Crippen LogP contribution in [0.3, 0.4) is 0 Å². The molecule has 1 unspecified atom stereocenters. The molecule has 2 aromatic carbocycles. The summed E-state index contributed by atoms with van der Waals surface area (Å²) in [7, 11) is 0. The van der Waals surface area contributed by atoms with Crippen molar-refractivity contribution in [3.63, 3.8) is 0 Å². The summed E-state index contributed by atoms with van der Waals surface area (Å²) in [5.41, 5.74) is 1.96. The van der Waals surface area contributed by atoms with E-state index in [1.165, 1.54) is 6.07 Å². The molecule has 1 N–H and O–H groups in total. The van der Waals surface area contributed by atoms with Crippen LogP contribution in [0.25, 0.3) is 0 Å². The predicted molar refractivity (Wildman–Crippen MR) is 79.0 cm³/mol. The van der Waals surface area contributed by atoms with Gasteiger partial charge in [0, 0.05) is 15.9 Å². The average Bonchev–Trinajstić information content (AvgIpc) is 2.36. The first-order chi connectivity index (χ1) is 8.97. The van der Waals surface area contributed by atoms with Gasteiger partial charge < -0.3 is 5.11 Å². The minimum atomic E-state index is -0.770. The number of hydrogen-bond acceptors (Lipinski definition) is 1. The lowest BCUT2D eigenvalue weighted by atomic mass is 10.0. The molecule has 0 spiro atoms. The van der Waals surface area contributed by atoms with E-state index in [9.17, 15) is 9.50 Å². The van der Waals surface area contributed by atoms with Crippen LogP contribution in [0.15, 0.2) is 40.9 Å².